The van der Waals surface area contributed by atoms with Gasteiger partial charge in [-0.15, -0.1) is 0 Å². The SMILES string of the molecule is CCCCCCCCCCCCCCCCCCCCCCC(O)C(CO)NC(=O)CCCCC/C=C\CCCCCCCCOC(=O)CCCCCCCCCCCCCCCCCCC. The van der Waals surface area contributed by atoms with Crippen molar-refractivity contribution >= 4 is 11.9 Å². The molecule has 0 aliphatic carbocycles. The zero-order valence-electron chi connectivity index (χ0n) is 45.4. The molecule has 0 aromatic heterocycles. The highest BCUT2D eigenvalue weighted by molar-refractivity contribution is 5.76. The second-order valence-electron chi connectivity index (χ2n) is 21.0. The normalized spacial score (nSPS) is 12.6. The van der Waals surface area contributed by atoms with E-state index in [2.05, 4.69) is 31.3 Å². The Kier molecular flexibility index (Phi) is 56.0. The molecule has 0 aliphatic rings. The lowest BCUT2D eigenvalue weighted by Gasteiger charge is -2.22. The van der Waals surface area contributed by atoms with E-state index in [4.69, 9.17) is 4.74 Å². The van der Waals surface area contributed by atoms with Gasteiger partial charge in [-0.25, -0.2) is 0 Å². The Morgan fingerprint density at radius 3 is 1.07 bits per heavy atom. The first-order chi connectivity index (χ1) is 33.0. The minimum Gasteiger partial charge on any atom is -0.466 e. The fourth-order valence-corrected chi connectivity index (χ4v) is 9.64. The van der Waals surface area contributed by atoms with Crippen molar-refractivity contribution in [2.24, 2.45) is 0 Å². The van der Waals surface area contributed by atoms with Crippen LogP contribution in [0.5, 0.6) is 0 Å². The minimum atomic E-state index is -0.681. The zero-order chi connectivity index (χ0) is 48.6. The third-order valence-electron chi connectivity index (χ3n) is 14.3. The molecule has 2 atom stereocenters. The van der Waals surface area contributed by atoms with Gasteiger partial charge in [0.15, 0.2) is 0 Å². The van der Waals surface area contributed by atoms with Gasteiger partial charge in [-0.05, 0) is 51.4 Å². The number of ether oxygens (including phenoxy) is 1. The van der Waals surface area contributed by atoms with Crippen molar-refractivity contribution in [2.45, 2.75) is 353 Å². The van der Waals surface area contributed by atoms with E-state index in [0.29, 0.717) is 25.9 Å². The number of aliphatic hydroxyl groups is 2. The van der Waals surface area contributed by atoms with Gasteiger partial charge < -0.3 is 20.3 Å². The summed E-state index contributed by atoms with van der Waals surface area (Å²) in [5.41, 5.74) is 0. The molecular weight excluding hydrogens is 827 g/mol. The van der Waals surface area contributed by atoms with E-state index < -0.39 is 12.1 Å². The average Bonchev–Trinajstić information content (AvgIpc) is 3.33. The van der Waals surface area contributed by atoms with Crippen molar-refractivity contribution in [3.8, 4) is 0 Å². The fourth-order valence-electron chi connectivity index (χ4n) is 9.64. The van der Waals surface area contributed by atoms with Gasteiger partial charge >= 0.3 is 5.97 Å². The Morgan fingerprint density at radius 1 is 0.403 bits per heavy atom. The van der Waals surface area contributed by atoms with Gasteiger partial charge in [0.1, 0.15) is 0 Å². The molecule has 0 saturated heterocycles. The molecule has 3 N–H and O–H groups in total. The molecule has 0 saturated carbocycles. The van der Waals surface area contributed by atoms with E-state index in [1.807, 2.05) is 0 Å². The zero-order valence-corrected chi connectivity index (χ0v) is 45.4. The molecule has 67 heavy (non-hydrogen) atoms. The molecule has 6 nitrogen and oxygen atoms in total. The van der Waals surface area contributed by atoms with Gasteiger partial charge in [-0.3, -0.25) is 9.59 Å². The summed E-state index contributed by atoms with van der Waals surface area (Å²) in [6, 6.07) is -0.562. The molecular formula is C61H119NO5. The molecule has 0 bridgehead atoms. The summed E-state index contributed by atoms with van der Waals surface area (Å²) in [4.78, 5) is 24.6. The number of aliphatic hydroxyl groups excluding tert-OH is 2. The monoisotopic (exact) mass is 946 g/mol. The van der Waals surface area contributed by atoms with Crippen molar-refractivity contribution < 1.29 is 24.5 Å². The molecule has 398 valence electrons. The molecule has 0 aromatic rings. The first-order valence-corrected chi connectivity index (χ1v) is 30.4. The van der Waals surface area contributed by atoms with Crippen molar-refractivity contribution in [2.75, 3.05) is 13.2 Å². The second-order valence-corrected chi connectivity index (χ2v) is 21.0. The van der Waals surface area contributed by atoms with Gasteiger partial charge in [-0.1, -0.05) is 289 Å². The van der Waals surface area contributed by atoms with Crippen LogP contribution in [0.1, 0.15) is 341 Å². The number of hydrogen-bond donors (Lipinski definition) is 3. The van der Waals surface area contributed by atoms with Gasteiger partial charge in [0.2, 0.25) is 5.91 Å². The van der Waals surface area contributed by atoms with E-state index in [-0.39, 0.29) is 18.5 Å². The van der Waals surface area contributed by atoms with Crippen molar-refractivity contribution in [1.29, 1.82) is 0 Å². The molecule has 2 unspecified atom stereocenters. The highest BCUT2D eigenvalue weighted by Gasteiger charge is 2.20. The topological polar surface area (TPSA) is 95.9 Å². The third-order valence-corrected chi connectivity index (χ3v) is 14.3. The molecule has 1 amide bonds. The number of esters is 1. The van der Waals surface area contributed by atoms with Crippen LogP contribution in [0.2, 0.25) is 0 Å². The van der Waals surface area contributed by atoms with Crippen LogP contribution in [0, 0.1) is 0 Å². The predicted octanol–water partition coefficient (Wildman–Crippen LogP) is 18.9. The maximum absolute atomic E-state index is 12.5. The van der Waals surface area contributed by atoms with Crippen LogP contribution in [-0.2, 0) is 14.3 Å². The summed E-state index contributed by atoms with van der Waals surface area (Å²) in [5.74, 6) is -0.0686. The van der Waals surface area contributed by atoms with Crippen molar-refractivity contribution in [1.82, 2.24) is 5.32 Å². The van der Waals surface area contributed by atoms with Crippen molar-refractivity contribution in [3.63, 3.8) is 0 Å². The summed E-state index contributed by atoms with van der Waals surface area (Å²) >= 11 is 0. The Balaban J connectivity index is 3.46. The maximum atomic E-state index is 12.5. The van der Waals surface area contributed by atoms with Gasteiger partial charge in [0, 0.05) is 12.8 Å². The molecule has 0 heterocycles. The lowest BCUT2D eigenvalue weighted by molar-refractivity contribution is -0.143. The van der Waals surface area contributed by atoms with E-state index in [0.717, 1.165) is 70.6 Å². The number of carbonyl (C=O) groups is 2. The summed E-state index contributed by atoms with van der Waals surface area (Å²) in [5, 5.41) is 23.3. The van der Waals surface area contributed by atoms with Crippen molar-refractivity contribution in [3.05, 3.63) is 12.2 Å². The van der Waals surface area contributed by atoms with Crippen LogP contribution < -0.4 is 5.32 Å². The average molecular weight is 947 g/mol. The van der Waals surface area contributed by atoms with Crippen LogP contribution >= 0.6 is 0 Å². The van der Waals surface area contributed by atoms with Gasteiger partial charge in [0.05, 0.1) is 25.4 Å². The lowest BCUT2D eigenvalue weighted by Crippen LogP contribution is -2.45. The minimum absolute atomic E-state index is 0.00757. The maximum Gasteiger partial charge on any atom is 0.305 e. The third kappa shape index (κ3) is 53.8. The Bertz CT molecular complexity index is 1000. The largest absolute Gasteiger partial charge is 0.466 e. The van der Waals surface area contributed by atoms with Crippen LogP contribution in [0.25, 0.3) is 0 Å². The van der Waals surface area contributed by atoms with Crippen LogP contribution in [0.4, 0.5) is 0 Å². The van der Waals surface area contributed by atoms with E-state index >= 15 is 0 Å². The molecule has 0 spiro atoms. The van der Waals surface area contributed by atoms with Crippen LogP contribution in [-0.4, -0.2) is 47.4 Å². The first kappa shape index (κ1) is 65.6. The number of rotatable bonds is 57. The number of nitrogens with one attached hydrogen (secondary N) is 1. The van der Waals surface area contributed by atoms with Gasteiger partial charge in [0.25, 0.3) is 0 Å². The Labute approximate surface area is 419 Å². The number of allylic oxidation sites excluding steroid dienone is 2. The highest BCUT2D eigenvalue weighted by Crippen LogP contribution is 2.18. The Morgan fingerprint density at radius 2 is 0.701 bits per heavy atom. The summed E-state index contributed by atoms with van der Waals surface area (Å²) in [7, 11) is 0. The Hall–Kier alpha value is -1.40. The molecule has 6 heteroatoms. The second kappa shape index (κ2) is 57.2. The fraction of sp³-hybridized carbons (Fsp3) is 0.934. The molecule has 0 aliphatic heterocycles. The summed E-state index contributed by atoms with van der Waals surface area (Å²) in [6.07, 6.45) is 67.8. The van der Waals surface area contributed by atoms with Crippen LogP contribution in [0.15, 0.2) is 12.2 Å². The summed E-state index contributed by atoms with van der Waals surface area (Å²) in [6.45, 7) is 4.94. The van der Waals surface area contributed by atoms with E-state index in [9.17, 15) is 19.8 Å². The smallest absolute Gasteiger partial charge is 0.305 e. The predicted molar refractivity (Wildman–Crippen MR) is 292 cm³/mol. The molecule has 0 aromatic carbocycles. The number of unbranched alkanes of at least 4 members (excludes halogenated alkanes) is 44. The standard InChI is InChI=1S/C61H119NO5/c1-3-5-7-9-11-13-15-17-19-21-22-23-25-26-29-33-37-41-45-49-53-59(64)58(57-63)62-60(65)54-50-46-42-38-34-30-28-32-36-40-44-48-52-56-67-61(66)55-51-47-43-39-35-31-27-24-20-18-16-14-12-10-8-6-4-2/h30,34,58-59,63-64H,3-29,31-33,35-57H2,1-2H3,(H,62,65)/b34-30-. The lowest BCUT2D eigenvalue weighted by atomic mass is 10.0. The number of amides is 1. The van der Waals surface area contributed by atoms with Gasteiger partial charge in [-0.2, -0.15) is 0 Å². The highest BCUT2D eigenvalue weighted by atomic mass is 16.5. The molecule has 0 fully saturated rings. The van der Waals surface area contributed by atoms with E-state index in [1.54, 1.807) is 0 Å². The molecule has 0 radical (unpaired) electrons. The quantitative estimate of drug-likeness (QED) is 0.0321. The van der Waals surface area contributed by atoms with Crippen LogP contribution in [0.3, 0.4) is 0 Å². The number of hydrogen-bond acceptors (Lipinski definition) is 5. The van der Waals surface area contributed by atoms with E-state index in [1.165, 1.54) is 238 Å². The number of carbonyl (C=O) groups excluding carboxylic acids is 2. The molecule has 0 rings (SSSR count). The first-order valence-electron chi connectivity index (χ1n) is 30.4. The summed E-state index contributed by atoms with van der Waals surface area (Å²) < 4.78 is 5.48.